The molecule has 0 aliphatic carbocycles. The maximum atomic E-state index is 5.97. The highest BCUT2D eigenvalue weighted by atomic mass is 35.5. The average molecular weight is 295 g/mol. The number of halogens is 1. The fourth-order valence-electron chi connectivity index (χ4n) is 3.41. The van der Waals surface area contributed by atoms with Crippen LogP contribution < -0.4 is 5.32 Å². The number of hydrogen-bond acceptors (Lipinski definition) is 2. The zero-order valence-electron chi connectivity index (χ0n) is 13.0. The summed E-state index contributed by atoms with van der Waals surface area (Å²) in [5, 5.41) is 4.36. The summed E-state index contributed by atoms with van der Waals surface area (Å²) in [6, 6.07) is 8.69. The van der Waals surface area contributed by atoms with Gasteiger partial charge in [0.05, 0.1) is 0 Å². The molecule has 0 spiro atoms. The molecule has 1 aromatic rings. The Kier molecular flexibility index (Phi) is 5.48. The van der Waals surface area contributed by atoms with Gasteiger partial charge in [-0.3, -0.25) is 4.90 Å². The Balaban J connectivity index is 2.02. The standard InChI is InChI=1S/C17H27ClN2/c1-4-9-17(10-11-19-12-17)13-20(3)14(2)15-5-7-16(18)8-6-15/h5-8,14,19H,4,9-13H2,1-3H3. The molecule has 1 fully saturated rings. The van der Waals surface area contributed by atoms with E-state index in [-0.39, 0.29) is 0 Å². The number of rotatable bonds is 6. The molecule has 112 valence electrons. The third kappa shape index (κ3) is 3.75. The Morgan fingerprint density at radius 3 is 2.60 bits per heavy atom. The lowest BCUT2D eigenvalue weighted by Crippen LogP contribution is -2.38. The monoisotopic (exact) mass is 294 g/mol. The van der Waals surface area contributed by atoms with Gasteiger partial charge in [-0.2, -0.15) is 0 Å². The van der Waals surface area contributed by atoms with Gasteiger partial charge in [-0.15, -0.1) is 0 Å². The Morgan fingerprint density at radius 1 is 1.35 bits per heavy atom. The van der Waals surface area contributed by atoms with Crippen molar-refractivity contribution in [3.8, 4) is 0 Å². The van der Waals surface area contributed by atoms with Crippen LogP contribution in [0.15, 0.2) is 24.3 Å². The number of hydrogen-bond donors (Lipinski definition) is 1. The van der Waals surface area contributed by atoms with Crippen LogP contribution in [0, 0.1) is 5.41 Å². The Bertz CT molecular complexity index is 410. The molecule has 1 aromatic carbocycles. The second kappa shape index (κ2) is 6.93. The van der Waals surface area contributed by atoms with E-state index in [2.05, 4.69) is 43.2 Å². The van der Waals surface area contributed by atoms with Crippen molar-refractivity contribution in [3.63, 3.8) is 0 Å². The highest BCUT2D eigenvalue weighted by Gasteiger charge is 2.34. The lowest BCUT2D eigenvalue weighted by molar-refractivity contribution is 0.145. The number of nitrogens with zero attached hydrogens (tertiary/aromatic N) is 1. The minimum absolute atomic E-state index is 0.432. The summed E-state index contributed by atoms with van der Waals surface area (Å²) < 4.78 is 0. The van der Waals surface area contributed by atoms with E-state index in [0.29, 0.717) is 11.5 Å². The van der Waals surface area contributed by atoms with Crippen molar-refractivity contribution in [2.24, 2.45) is 5.41 Å². The molecule has 1 aliphatic rings. The average Bonchev–Trinajstić information content (AvgIpc) is 2.87. The molecule has 0 bridgehead atoms. The molecule has 1 aliphatic heterocycles. The molecule has 20 heavy (non-hydrogen) atoms. The molecule has 1 N–H and O–H groups in total. The van der Waals surface area contributed by atoms with Crippen LogP contribution in [0.25, 0.3) is 0 Å². The Labute approximate surface area is 128 Å². The summed E-state index contributed by atoms with van der Waals surface area (Å²) in [4.78, 5) is 2.49. The van der Waals surface area contributed by atoms with E-state index >= 15 is 0 Å². The first-order valence-electron chi connectivity index (χ1n) is 7.73. The fourth-order valence-corrected chi connectivity index (χ4v) is 3.54. The summed E-state index contributed by atoms with van der Waals surface area (Å²) in [7, 11) is 2.25. The van der Waals surface area contributed by atoms with Crippen LogP contribution in [-0.4, -0.2) is 31.6 Å². The van der Waals surface area contributed by atoms with Gasteiger partial charge in [0.1, 0.15) is 0 Å². The van der Waals surface area contributed by atoms with Crippen LogP contribution in [-0.2, 0) is 0 Å². The van der Waals surface area contributed by atoms with Gasteiger partial charge in [0, 0.05) is 24.2 Å². The molecule has 2 rings (SSSR count). The van der Waals surface area contributed by atoms with Crippen LogP contribution in [0.1, 0.15) is 44.7 Å². The Morgan fingerprint density at radius 2 is 2.05 bits per heavy atom. The van der Waals surface area contributed by atoms with E-state index in [1.807, 2.05) is 12.1 Å². The normalized spacial score (nSPS) is 24.2. The molecular weight excluding hydrogens is 268 g/mol. The first-order valence-corrected chi connectivity index (χ1v) is 8.10. The SMILES string of the molecule is CCCC1(CN(C)C(C)c2ccc(Cl)cc2)CCNC1. The molecule has 2 nitrogen and oxygen atoms in total. The first-order chi connectivity index (χ1) is 9.56. The number of benzene rings is 1. The molecule has 2 atom stereocenters. The van der Waals surface area contributed by atoms with Crippen molar-refractivity contribution >= 4 is 11.6 Å². The van der Waals surface area contributed by atoms with Crippen molar-refractivity contribution in [1.29, 1.82) is 0 Å². The van der Waals surface area contributed by atoms with Crippen LogP contribution >= 0.6 is 11.6 Å². The highest BCUT2D eigenvalue weighted by molar-refractivity contribution is 6.30. The predicted octanol–water partition coefficient (Wildman–Crippen LogP) is 4.11. The van der Waals surface area contributed by atoms with Gasteiger partial charge in [-0.25, -0.2) is 0 Å². The highest BCUT2D eigenvalue weighted by Crippen LogP contribution is 2.34. The van der Waals surface area contributed by atoms with E-state index < -0.39 is 0 Å². The van der Waals surface area contributed by atoms with E-state index in [1.165, 1.54) is 37.9 Å². The third-order valence-corrected chi connectivity index (χ3v) is 4.96. The van der Waals surface area contributed by atoms with Crippen molar-refractivity contribution in [3.05, 3.63) is 34.9 Å². The lowest BCUT2D eigenvalue weighted by Gasteiger charge is -2.36. The maximum Gasteiger partial charge on any atom is 0.0406 e. The molecule has 1 heterocycles. The van der Waals surface area contributed by atoms with Gasteiger partial charge in [0.15, 0.2) is 0 Å². The second-order valence-electron chi connectivity index (χ2n) is 6.32. The topological polar surface area (TPSA) is 15.3 Å². The van der Waals surface area contributed by atoms with E-state index in [4.69, 9.17) is 11.6 Å². The van der Waals surface area contributed by atoms with Crippen molar-refractivity contribution in [1.82, 2.24) is 10.2 Å². The van der Waals surface area contributed by atoms with Gasteiger partial charge >= 0.3 is 0 Å². The maximum absolute atomic E-state index is 5.97. The Hall–Kier alpha value is -0.570. The molecule has 0 radical (unpaired) electrons. The third-order valence-electron chi connectivity index (χ3n) is 4.71. The molecule has 0 aromatic heterocycles. The fraction of sp³-hybridized carbons (Fsp3) is 0.647. The molecule has 2 unspecified atom stereocenters. The zero-order valence-corrected chi connectivity index (χ0v) is 13.7. The van der Waals surface area contributed by atoms with Crippen molar-refractivity contribution in [2.45, 2.75) is 39.2 Å². The molecule has 3 heteroatoms. The van der Waals surface area contributed by atoms with Gasteiger partial charge in [0.2, 0.25) is 0 Å². The first kappa shape index (κ1) is 15.8. The quantitative estimate of drug-likeness (QED) is 0.849. The van der Waals surface area contributed by atoms with E-state index in [0.717, 1.165) is 11.6 Å². The predicted molar refractivity (Wildman–Crippen MR) is 87.3 cm³/mol. The largest absolute Gasteiger partial charge is 0.316 e. The summed E-state index contributed by atoms with van der Waals surface area (Å²) in [5.74, 6) is 0. The number of nitrogens with one attached hydrogen (secondary N) is 1. The summed E-state index contributed by atoms with van der Waals surface area (Å²) in [5.41, 5.74) is 1.80. The summed E-state index contributed by atoms with van der Waals surface area (Å²) >= 11 is 5.97. The van der Waals surface area contributed by atoms with Gasteiger partial charge < -0.3 is 5.32 Å². The van der Waals surface area contributed by atoms with Gasteiger partial charge in [-0.1, -0.05) is 37.1 Å². The smallest absolute Gasteiger partial charge is 0.0406 e. The minimum Gasteiger partial charge on any atom is -0.316 e. The van der Waals surface area contributed by atoms with E-state index in [9.17, 15) is 0 Å². The summed E-state index contributed by atoms with van der Waals surface area (Å²) in [6.45, 7) is 8.08. The minimum atomic E-state index is 0.432. The van der Waals surface area contributed by atoms with Gasteiger partial charge in [-0.05, 0) is 56.5 Å². The van der Waals surface area contributed by atoms with Crippen molar-refractivity contribution < 1.29 is 0 Å². The van der Waals surface area contributed by atoms with Gasteiger partial charge in [0.25, 0.3) is 0 Å². The molecular formula is C17H27ClN2. The van der Waals surface area contributed by atoms with Crippen molar-refractivity contribution in [2.75, 3.05) is 26.7 Å². The molecule has 0 amide bonds. The molecule has 0 saturated carbocycles. The van der Waals surface area contributed by atoms with Crippen LogP contribution in [0.3, 0.4) is 0 Å². The second-order valence-corrected chi connectivity index (χ2v) is 6.76. The van der Waals surface area contributed by atoms with Crippen LogP contribution in [0.5, 0.6) is 0 Å². The van der Waals surface area contributed by atoms with E-state index in [1.54, 1.807) is 0 Å². The lowest BCUT2D eigenvalue weighted by atomic mass is 9.81. The van der Waals surface area contributed by atoms with Crippen LogP contribution in [0.4, 0.5) is 0 Å². The molecule has 1 saturated heterocycles. The van der Waals surface area contributed by atoms with Crippen LogP contribution in [0.2, 0.25) is 5.02 Å². The zero-order chi connectivity index (χ0) is 14.6. The summed E-state index contributed by atoms with van der Waals surface area (Å²) in [6.07, 6.45) is 3.89.